The summed E-state index contributed by atoms with van der Waals surface area (Å²) in [6, 6.07) is 8.07. The molecule has 21 heavy (non-hydrogen) atoms. The van der Waals surface area contributed by atoms with E-state index in [0.717, 1.165) is 17.9 Å². The SMILES string of the molecule is CCOc1ccc(C(=O)CCNC2CCCCC2)cc1.Cl. The van der Waals surface area contributed by atoms with E-state index in [1.807, 2.05) is 31.2 Å². The number of benzene rings is 1. The molecule has 1 aliphatic carbocycles. The molecule has 3 nitrogen and oxygen atoms in total. The van der Waals surface area contributed by atoms with Crippen LogP contribution in [0.5, 0.6) is 5.75 Å². The van der Waals surface area contributed by atoms with Gasteiger partial charge in [-0.1, -0.05) is 19.3 Å². The van der Waals surface area contributed by atoms with Gasteiger partial charge in [-0.25, -0.2) is 0 Å². The summed E-state index contributed by atoms with van der Waals surface area (Å²) in [5, 5.41) is 3.51. The summed E-state index contributed by atoms with van der Waals surface area (Å²) in [4.78, 5) is 12.1. The Labute approximate surface area is 133 Å². The van der Waals surface area contributed by atoms with Gasteiger partial charge in [0.05, 0.1) is 6.61 Å². The van der Waals surface area contributed by atoms with Crippen LogP contribution < -0.4 is 10.1 Å². The molecule has 118 valence electrons. The lowest BCUT2D eigenvalue weighted by Crippen LogP contribution is -2.32. The number of carbonyl (C=O) groups excluding carboxylic acids is 1. The van der Waals surface area contributed by atoms with Gasteiger partial charge >= 0.3 is 0 Å². The first kappa shape index (κ1) is 18.0. The Morgan fingerprint density at radius 3 is 2.48 bits per heavy atom. The first-order valence-corrected chi connectivity index (χ1v) is 7.79. The number of ketones is 1. The van der Waals surface area contributed by atoms with Crippen molar-refractivity contribution in [2.75, 3.05) is 13.2 Å². The third kappa shape index (κ3) is 6.06. The van der Waals surface area contributed by atoms with Gasteiger partial charge in [0, 0.05) is 24.6 Å². The van der Waals surface area contributed by atoms with E-state index in [0.29, 0.717) is 19.1 Å². The van der Waals surface area contributed by atoms with Crippen LogP contribution in [0.15, 0.2) is 24.3 Å². The van der Waals surface area contributed by atoms with Crippen molar-refractivity contribution in [3.63, 3.8) is 0 Å². The van der Waals surface area contributed by atoms with Gasteiger partial charge in [0.2, 0.25) is 0 Å². The molecule has 1 N–H and O–H groups in total. The monoisotopic (exact) mass is 311 g/mol. The predicted octanol–water partition coefficient (Wildman–Crippen LogP) is 4.00. The molecule has 0 unspecified atom stereocenters. The van der Waals surface area contributed by atoms with Crippen molar-refractivity contribution >= 4 is 18.2 Å². The zero-order chi connectivity index (χ0) is 14.2. The zero-order valence-electron chi connectivity index (χ0n) is 12.8. The number of carbonyl (C=O) groups is 1. The molecule has 1 aromatic rings. The lowest BCUT2D eigenvalue weighted by atomic mass is 9.95. The molecule has 0 radical (unpaired) electrons. The normalized spacial score (nSPS) is 15.3. The quantitative estimate of drug-likeness (QED) is 0.773. The fraction of sp³-hybridized carbons (Fsp3) is 0.588. The standard InChI is InChI=1S/C17H25NO2.ClH/c1-2-20-16-10-8-14(9-11-16)17(19)12-13-18-15-6-4-3-5-7-15;/h8-11,15,18H,2-7,12-13H2,1H3;1H. The molecule has 0 amide bonds. The van der Waals surface area contributed by atoms with Crippen LogP contribution in [0.2, 0.25) is 0 Å². The van der Waals surface area contributed by atoms with Gasteiger partial charge in [-0.3, -0.25) is 4.79 Å². The molecule has 0 aliphatic heterocycles. The number of ether oxygens (including phenoxy) is 1. The van der Waals surface area contributed by atoms with Crippen molar-refractivity contribution in [2.45, 2.75) is 51.5 Å². The summed E-state index contributed by atoms with van der Waals surface area (Å²) in [5.74, 6) is 1.03. The number of nitrogens with one attached hydrogen (secondary N) is 1. The summed E-state index contributed by atoms with van der Waals surface area (Å²) in [5.41, 5.74) is 0.777. The maximum absolute atomic E-state index is 12.1. The van der Waals surface area contributed by atoms with E-state index < -0.39 is 0 Å². The Kier molecular flexibility index (Phi) is 8.40. The molecule has 0 atom stereocenters. The molecule has 0 saturated heterocycles. The van der Waals surface area contributed by atoms with Crippen LogP contribution in [0.3, 0.4) is 0 Å². The van der Waals surface area contributed by atoms with Crippen molar-refractivity contribution in [3.05, 3.63) is 29.8 Å². The van der Waals surface area contributed by atoms with Crippen LogP contribution >= 0.6 is 12.4 Å². The van der Waals surface area contributed by atoms with Crippen molar-refractivity contribution in [2.24, 2.45) is 0 Å². The van der Waals surface area contributed by atoms with Crippen molar-refractivity contribution in [1.29, 1.82) is 0 Å². The molecule has 0 bridgehead atoms. The Morgan fingerprint density at radius 2 is 1.86 bits per heavy atom. The molecule has 0 spiro atoms. The molecule has 1 saturated carbocycles. The van der Waals surface area contributed by atoms with Crippen LogP contribution in [0.25, 0.3) is 0 Å². The molecular weight excluding hydrogens is 286 g/mol. The van der Waals surface area contributed by atoms with Gasteiger partial charge in [0.1, 0.15) is 5.75 Å². The molecule has 1 aliphatic rings. The number of rotatable bonds is 7. The zero-order valence-corrected chi connectivity index (χ0v) is 13.6. The minimum atomic E-state index is 0. The fourth-order valence-electron chi connectivity index (χ4n) is 2.74. The molecular formula is C17H26ClNO2. The molecule has 1 aromatic carbocycles. The average molecular weight is 312 g/mol. The van der Waals surface area contributed by atoms with E-state index >= 15 is 0 Å². The van der Waals surface area contributed by atoms with Crippen LogP contribution in [0.1, 0.15) is 55.8 Å². The molecule has 2 rings (SSSR count). The molecule has 1 fully saturated rings. The van der Waals surface area contributed by atoms with Crippen molar-refractivity contribution in [3.8, 4) is 5.75 Å². The van der Waals surface area contributed by atoms with E-state index in [2.05, 4.69) is 5.32 Å². The Morgan fingerprint density at radius 1 is 1.19 bits per heavy atom. The lowest BCUT2D eigenvalue weighted by Gasteiger charge is -2.22. The second-order valence-electron chi connectivity index (χ2n) is 5.42. The molecule has 4 heteroatoms. The summed E-state index contributed by atoms with van der Waals surface area (Å²) in [6.07, 6.45) is 7.11. The van der Waals surface area contributed by atoms with Gasteiger partial charge in [-0.2, -0.15) is 0 Å². The summed E-state index contributed by atoms with van der Waals surface area (Å²) in [7, 11) is 0. The summed E-state index contributed by atoms with van der Waals surface area (Å²) >= 11 is 0. The van der Waals surface area contributed by atoms with Gasteiger partial charge in [0.25, 0.3) is 0 Å². The van der Waals surface area contributed by atoms with E-state index in [1.54, 1.807) is 0 Å². The third-order valence-electron chi connectivity index (χ3n) is 3.88. The number of halogens is 1. The van der Waals surface area contributed by atoms with E-state index in [1.165, 1.54) is 32.1 Å². The largest absolute Gasteiger partial charge is 0.494 e. The molecule has 0 aromatic heterocycles. The van der Waals surface area contributed by atoms with Crippen molar-refractivity contribution in [1.82, 2.24) is 5.32 Å². The van der Waals surface area contributed by atoms with Crippen LogP contribution in [0, 0.1) is 0 Å². The van der Waals surface area contributed by atoms with E-state index in [-0.39, 0.29) is 18.2 Å². The second-order valence-corrected chi connectivity index (χ2v) is 5.42. The Bertz CT molecular complexity index is 413. The highest BCUT2D eigenvalue weighted by Crippen LogP contribution is 2.17. The number of hydrogen-bond acceptors (Lipinski definition) is 3. The van der Waals surface area contributed by atoms with Gasteiger partial charge in [-0.15, -0.1) is 12.4 Å². The van der Waals surface area contributed by atoms with Crippen LogP contribution in [-0.4, -0.2) is 25.0 Å². The van der Waals surface area contributed by atoms with Gasteiger partial charge in [0.15, 0.2) is 5.78 Å². The minimum absolute atomic E-state index is 0. The van der Waals surface area contributed by atoms with Crippen LogP contribution in [0.4, 0.5) is 0 Å². The smallest absolute Gasteiger partial charge is 0.164 e. The minimum Gasteiger partial charge on any atom is -0.494 e. The second kappa shape index (κ2) is 9.80. The average Bonchev–Trinajstić information content (AvgIpc) is 2.49. The predicted molar refractivity (Wildman–Crippen MR) is 88.7 cm³/mol. The number of hydrogen-bond donors (Lipinski definition) is 1. The van der Waals surface area contributed by atoms with E-state index in [9.17, 15) is 4.79 Å². The third-order valence-corrected chi connectivity index (χ3v) is 3.88. The van der Waals surface area contributed by atoms with Crippen molar-refractivity contribution < 1.29 is 9.53 Å². The topological polar surface area (TPSA) is 38.3 Å². The lowest BCUT2D eigenvalue weighted by molar-refractivity contribution is 0.0981. The fourth-order valence-corrected chi connectivity index (χ4v) is 2.74. The Hall–Kier alpha value is -1.06. The molecule has 0 heterocycles. The number of Topliss-reactive ketones (excluding diaryl/α,β-unsaturated/α-hetero) is 1. The summed E-state index contributed by atoms with van der Waals surface area (Å²) < 4.78 is 5.38. The van der Waals surface area contributed by atoms with Crippen LogP contribution in [-0.2, 0) is 0 Å². The van der Waals surface area contributed by atoms with Gasteiger partial charge in [-0.05, 0) is 44.0 Å². The summed E-state index contributed by atoms with van der Waals surface area (Å²) in [6.45, 7) is 3.39. The van der Waals surface area contributed by atoms with Gasteiger partial charge < -0.3 is 10.1 Å². The van der Waals surface area contributed by atoms with E-state index in [4.69, 9.17) is 4.74 Å². The first-order valence-electron chi connectivity index (χ1n) is 7.79. The highest BCUT2D eigenvalue weighted by molar-refractivity contribution is 5.96. The highest BCUT2D eigenvalue weighted by Gasteiger charge is 2.13. The first-order chi connectivity index (χ1) is 9.79. The maximum atomic E-state index is 12.1. The Balaban J connectivity index is 0.00000220. The highest BCUT2D eigenvalue weighted by atomic mass is 35.5. The maximum Gasteiger partial charge on any atom is 0.164 e.